The average Bonchev–Trinajstić information content (AvgIpc) is 2.86. The summed E-state index contributed by atoms with van der Waals surface area (Å²) in [5.74, 6) is 2.54. The average molecular weight is 222 g/mol. The van der Waals surface area contributed by atoms with E-state index in [0.29, 0.717) is 5.92 Å². The van der Waals surface area contributed by atoms with Crippen molar-refractivity contribution in [3.8, 4) is 0 Å². The zero-order valence-corrected chi connectivity index (χ0v) is 10.3. The summed E-state index contributed by atoms with van der Waals surface area (Å²) in [6.45, 7) is 2.15. The first-order valence-corrected chi connectivity index (χ1v) is 6.38. The van der Waals surface area contributed by atoms with Crippen molar-refractivity contribution in [2.24, 2.45) is 12.8 Å². The van der Waals surface area contributed by atoms with Crippen LogP contribution in [0.5, 0.6) is 0 Å². The Bertz CT molecular complexity index is 339. The molecule has 90 valence electrons. The zero-order chi connectivity index (χ0) is 11.5. The van der Waals surface area contributed by atoms with Crippen LogP contribution >= 0.6 is 0 Å². The van der Waals surface area contributed by atoms with Crippen molar-refractivity contribution < 1.29 is 0 Å². The molecule has 1 aliphatic rings. The molecule has 1 saturated carbocycles. The number of hydrogen-bond donors (Lipinski definition) is 1. The number of hydrogen-bond acceptors (Lipinski definition) is 3. The Morgan fingerprint density at radius 3 is 2.75 bits per heavy atom. The molecular formula is C12H22N4. The number of nitrogens with two attached hydrogens (primary N) is 1. The Labute approximate surface area is 97.2 Å². The van der Waals surface area contributed by atoms with Crippen LogP contribution in [0.25, 0.3) is 0 Å². The molecule has 2 rings (SSSR count). The molecule has 0 amide bonds. The van der Waals surface area contributed by atoms with Crippen LogP contribution in [0.2, 0.25) is 0 Å². The third-order valence-corrected chi connectivity index (χ3v) is 3.46. The second kappa shape index (κ2) is 4.95. The van der Waals surface area contributed by atoms with Gasteiger partial charge >= 0.3 is 0 Å². The fourth-order valence-electron chi connectivity index (χ4n) is 2.54. The standard InChI is InChI=1S/C12H22N4/c1-3-6-10(13)12-14-11(15-16(12)2)9-7-4-5-8-9/h9-10H,3-8,13H2,1-2H3. The molecule has 2 N–H and O–H groups in total. The monoisotopic (exact) mass is 222 g/mol. The van der Waals surface area contributed by atoms with Crippen LogP contribution in [-0.4, -0.2) is 14.8 Å². The van der Waals surface area contributed by atoms with Crippen LogP contribution in [0.15, 0.2) is 0 Å². The Hall–Kier alpha value is -0.900. The Kier molecular flexibility index (Phi) is 3.59. The molecule has 0 aliphatic heterocycles. The molecule has 1 heterocycles. The molecule has 1 aliphatic carbocycles. The number of nitrogens with zero attached hydrogens (tertiary/aromatic N) is 3. The van der Waals surface area contributed by atoms with Gasteiger partial charge in [-0.3, -0.25) is 4.68 Å². The third-order valence-electron chi connectivity index (χ3n) is 3.46. The summed E-state index contributed by atoms with van der Waals surface area (Å²) in [4.78, 5) is 4.64. The highest BCUT2D eigenvalue weighted by molar-refractivity contribution is 5.04. The molecule has 16 heavy (non-hydrogen) atoms. The van der Waals surface area contributed by atoms with E-state index in [-0.39, 0.29) is 6.04 Å². The van der Waals surface area contributed by atoms with Gasteiger partial charge in [-0.15, -0.1) is 0 Å². The van der Waals surface area contributed by atoms with E-state index in [1.54, 1.807) is 0 Å². The van der Waals surface area contributed by atoms with Gasteiger partial charge in [0.05, 0.1) is 6.04 Å². The summed E-state index contributed by atoms with van der Waals surface area (Å²) < 4.78 is 1.87. The summed E-state index contributed by atoms with van der Waals surface area (Å²) in [5.41, 5.74) is 6.10. The first-order valence-electron chi connectivity index (χ1n) is 6.38. The Balaban J connectivity index is 2.14. The topological polar surface area (TPSA) is 56.7 Å². The predicted octanol–water partition coefficient (Wildman–Crippen LogP) is 2.27. The molecule has 1 atom stereocenters. The van der Waals surface area contributed by atoms with Gasteiger partial charge < -0.3 is 5.73 Å². The van der Waals surface area contributed by atoms with Gasteiger partial charge in [0.15, 0.2) is 5.82 Å². The van der Waals surface area contributed by atoms with Crippen molar-refractivity contribution in [1.29, 1.82) is 0 Å². The molecule has 0 bridgehead atoms. The molecular weight excluding hydrogens is 200 g/mol. The van der Waals surface area contributed by atoms with Crippen molar-refractivity contribution >= 4 is 0 Å². The molecule has 1 aromatic rings. The lowest BCUT2D eigenvalue weighted by Crippen LogP contribution is -2.15. The zero-order valence-electron chi connectivity index (χ0n) is 10.3. The molecule has 0 aromatic carbocycles. The predicted molar refractivity (Wildman–Crippen MR) is 64.0 cm³/mol. The smallest absolute Gasteiger partial charge is 0.154 e. The summed E-state index contributed by atoms with van der Waals surface area (Å²) >= 11 is 0. The quantitative estimate of drug-likeness (QED) is 0.850. The van der Waals surface area contributed by atoms with Gasteiger partial charge in [-0.25, -0.2) is 4.98 Å². The number of aryl methyl sites for hydroxylation is 1. The van der Waals surface area contributed by atoms with Crippen molar-refractivity contribution in [3.63, 3.8) is 0 Å². The lowest BCUT2D eigenvalue weighted by atomic mass is 10.1. The first-order chi connectivity index (χ1) is 7.72. The third kappa shape index (κ3) is 2.26. The van der Waals surface area contributed by atoms with Crippen LogP contribution in [0.1, 0.15) is 69.1 Å². The normalized spacial score (nSPS) is 19.2. The molecule has 0 radical (unpaired) electrons. The minimum Gasteiger partial charge on any atom is -0.321 e. The second-order valence-corrected chi connectivity index (χ2v) is 4.83. The van der Waals surface area contributed by atoms with Gasteiger partial charge in [0, 0.05) is 13.0 Å². The Morgan fingerprint density at radius 2 is 2.12 bits per heavy atom. The largest absolute Gasteiger partial charge is 0.321 e. The summed E-state index contributed by atoms with van der Waals surface area (Å²) in [7, 11) is 1.95. The molecule has 1 unspecified atom stereocenters. The van der Waals surface area contributed by atoms with E-state index in [1.807, 2.05) is 11.7 Å². The first kappa shape index (κ1) is 11.6. The minimum absolute atomic E-state index is 0.0395. The lowest BCUT2D eigenvalue weighted by molar-refractivity contribution is 0.560. The van der Waals surface area contributed by atoms with E-state index < -0.39 is 0 Å². The molecule has 4 heteroatoms. The highest BCUT2D eigenvalue weighted by atomic mass is 15.3. The van der Waals surface area contributed by atoms with Crippen LogP contribution in [0.3, 0.4) is 0 Å². The van der Waals surface area contributed by atoms with Crippen LogP contribution in [-0.2, 0) is 7.05 Å². The van der Waals surface area contributed by atoms with Gasteiger partial charge in [0.2, 0.25) is 0 Å². The van der Waals surface area contributed by atoms with Gasteiger partial charge in [0.1, 0.15) is 5.82 Å². The van der Waals surface area contributed by atoms with Crippen molar-refractivity contribution in [2.45, 2.75) is 57.4 Å². The van der Waals surface area contributed by atoms with Crippen molar-refractivity contribution in [3.05, 3.63) is 11.6 Å². The molecule has 4 nitrogen and oxygen atoms in total. The second-order valence-electron chi connectivity index (χ2n) is 4.83. The fraction of sp³-hybridized carbons (Fsp3) is 0.833. The van der Waals surface area contributed by atoms with Gasteiger partial charge in [-0.1, -0.05) is 26.2 Å². The summed E-state index contributed by atoms with van der Waals surface area (Å²) in [6, 6.07) is 0.0395. The van der Waals surface area contributed by atoms with E-state index in [0.717, 1.165) is 24.5 Å². The van der Waals surface area contributed by atoms with Gasteiger partial charge in [0.25, 0.3) is 0 Å². The fourth-order valence-corrected chi connectivity index (χ4v) is 2.54. The minimum atomic E-state index is 0.0395. The van der Waals surface area contributed by atoms with Crippen LogP contribution in [0, 0.1) is 0 Å². The van der Waals surface area contributed by atoms with E-state index in [4.69, 9.17) is 5.73 Å². The van der Waals surface area contributed by atoms with E-state index in [1.165, 1.54) is 25.7 Å². The summed E-state index contributed by atoms with van der Waals surface area (Å²) in [6.07, 6.45) is 7.20. The maximum Gasteiger partial charge on any atom is 0.154 e. The highest BCUT2D eigenvalue weighted by Gasteiger charge is 2.23. The number of rotatable bonds is 4. The van der Waals surface area contributed by atoms with Crippen LogP contribution < -0.4 is 5.73 Å². The van der Waals surface area contributed by atoms with Crippen molar-refractivity contribution in [2.75, 3.05) is 0 Å². The maximum atomic E-state index is 6.10. The highest BCUT2D eigenvalue weighted by Crippen LogP contribution is 2.32. The molecule has 0 spiro atoms. The molecule has 1 fully saturated rings. The molecule has 1 aromatic heterocycles. The lowest BCUT2D eigenvalue weighted by Gasteiger charge is -2.07. The number of aromatic nitrogens is 3. The summed E-state index contributed by atoms with van der Waals surface area (Å²) in [5, 5.41) is 4.52. The molecule has 0 saturated heterocycles. The van der Waals surface area contributed by atoms with Crippen molar-refractivity contribution in [1.82, 2.24) is 14.8 Å². The van der Waals surface area contributed by atoms with E-state index in [9.17, 15) is 0 Å². The van der Waals surface area contributed by atoms with Gasteiger partial charge in [-0.2, -0.15) is 5.10 Å². The van der Waals surface area contributed by atoms with E-state index in [2.05, 4.69) is 17.0 Å². The maximum absolute atomic E-state index is 6.10. The Morgan fingerprint density at radius 1 is 1.44 bits per heavy atom. The van der Waals surface area contributed by atoms with Gasteiger partial charge in [-0.05, 0) is 19.3 Å². The SMILES string of the molecule is CCCC(N)c1nc(C2CCCC2)nn1C. The van der Waals surface area contributed by atoms with E-state index >= 15 is 0 Å². The van der Waals surface area contributed by atoms with Crippen LogP contribution in [0.4, 0.5) is 0 Å².